The molecule has 2 nitrogen and oxygen atoms in total. The Kier molecular flexibility index (Phi) is 5.28. The molecule has 0 aliphatic rings. The number of thioether (sulfide) groups is 1. The van der Waals surface area contributed by atoms with Crippen molar-refractivity contribution in [3.63, 3.8) is 0 Å². The molecule has 4 heteroatoms. The van der Waals surface area contributed by atoms with E-state index >= 15 is 0 Å². The van der Waals surface area contributed by atoms with Crippen molar-refractivity contribution >= 4 is 17.4 Å². The Morgan fingerprint density at radius 1 is 1.47 bits per heavy atom. The van der Waals surface area contributed by atoms with Crippen LogP contribution in [0.4, 0.5) is 10.1 Å². The van der Waals surface area contributed by atoms with Crippen molar-refractivity contribution in [2.24, 2.45) is 0 Å². The SMILES string of the molecule is CSCCN(C)c1cc(C)c(F)cc1C(C)O. The second-order valence-electron chi connectivity index (χ2n) is 4.25. The van der Waals surface area contributed by atoms with Gasteiger partial charge in [0.25, 0.3) is 0 Å². The number of rotatable bonds is 5. The molecule has 0 saturated carbocycles. The van der Waals surface area contributed by atoms with Crippen LogP contribution in [0.2, 0.25) is 0 Å². The highest BCUT2D eigenvalue weighted by atomic mass is 32.2. The number of hydrogen-bond acceptors (Lipinski definition) is 3. The van der Waals surface area contributed by atoms with Gasteiger partial charge in [0.2, 0.25) is 0 Å². The number of aryl methyl sites for hydroxylation is 1. The molecule has 1 rings (SSSR count). The molecule has 0 aromatic heterocycles. The van der Waals surface area contributed by atoms with Gasteiger partial charge in [-0.1, -0.05) is 0 Å². The molecule has 1 aromatic rings. The zero-order valence-corrected chi connectivity index (χ0v) is 11.6. The lowest BCUT2D eigenvalue weighted by molar-refractivity contribution is 0.199. The van der Waals surface area contributed by atoms with E-state index < -0.39 is 6.10 Å². The van der Waals surface area contributed by atoms with Crippen LogP contribution in [0.5, 0.6) is 0 Å². The molecule has 96 valence electrons. The Bertz CT molecular complexity index is 382. The molecule has 0 aliphatic carbocycles. The van der Waals surface area contributed by atoms with Crippen molar-refractivity contribution in [3.05, 3.63) is 29.1 Å². The van der Waals surface area contributed by atoms with Gasteiger partial charge in [-0.15, -0.1) is 0 Å². The number of anilines is 1. The Balaban J connectivity index is 3.07. The zero-order chi connectivity index (χ0) is 13.0. The molecule has 1 atom stereocenters. The van der Waals surface area contributed by atoms with Gasteiger partial charge in [0.1, 0.15) is 5.82 Å². The fourth-order valence-electron chi connectivity index (χ4n) is 1.70. The summed E-state index contributed by atoms with van der Waals surface area (Å²) in [5, 5.41) is 9.70. The Labute approximate surface area is 107 Å². The van der Waals surface area contributed by atoms with E-state index in [9.17, 15) is 9.50 Å². The number of nitrogens with zero attached hydrogens (tertiary/aromatic N) is 1. The van der Waals surface area contributed by atoms with Gasteiger partial charge in [0.05, 0.1) is 6.10 Å². The molecular weight excluding hydrogens is 237 g/mol. The van der Waals surface area contributed by atoms with Gasteiger partial charge in [-0.2, -0.15) is 11.8 Å². The third kappa shape index (κ3) is 3.61. The second-order valence-corrected chi connectivity index (χ2v) is 5.24. The van der Waals surface area contributed by atoms with Crippen LogP contribution in [0.3, 0.4) is 0 Å². The lowest BCUT2D eigenvalue weighted by Gasteiger charge is -2.24. The Morgan fingerprint density at radius 3 is 2.65 bits per heavy atom. The van der Waals surface area contributed by atoms with Crippen LogP contribution < -0.4 is 4.90 Å². The summed E-state index contributed by atoms with van der Waals surface area (Å²) >= 11 is 1.77. The lowest BCUT2D eigenvalue weighted by atomic mass is 10.0. The maximum Gasteiger partial charge on any atom is 0.126 e. The van der Waals surface area contributed by atoms with Gasteiger partial charge in [-0.3, -0.25) is 0 Å². The van der Waals surface area contributed by atoms with Gasteiger partial charge < -0.3 is 10.0 Å². The molecule has 0 fully saturated rings. The fourth-order valence-corrected chi connectivity index (χ4v) is 2.15. The zero-order valence-electron chi connectivity index (χ0n) is 10.8. The molecular formula is C13H20FNOS. The molecule has 0 aliphatic heterocycles. The molecule has 0 bridgehead atoms. The second kappa shape index (κ2) is 6.26. The summed E-state index contributed by atoms with van der Waals surface area (Å²) in [7, 11) is 1.97. The smallest absolute Gasteiger partial charge is 0.126 e. The van der Waals surface area contributed by atoms with Crippen LogP contribution in [0.15, 0.2) is 12.1 Å². The number of benzene rings is 1. The van der Waals surface area contributed by atoms with Crippen molar-refractivity contribution in [1.29, 1.82) is 0 Å². The summed E-state index contributed by atoms with van der Waals surface area (Å²) in [6.45, 7) is 4.29. The first-order valence-corrected chi connectivity index (χ1v) is 7.05. The molecule has 0 saturated heterocycles. The average molecular weight is 257 g/mol. The minimum absolute atomic E-state index is 0.261. The maximum absolute atomic E-state index is 13.5. The molecule has 1 aromatic carbocycles. The first-order chi connectivity index (χ1) is 7.97. The largest absolute Gasteiger partial charge is 0.389 e. The monoisotopic (exact) mass is 257 g/mol. The molecule has 1 N–H and O–H groups in total. The Morgan fingerprint density at radius 2 is 2.12 bits per heavy atom. The normalized spacial score (nSPS) is 12.6. The van der Waals surface area contributed by atoms with E-state index in [-0.39, 0.29) is 5.82 Å². The van der Waals surface area contributed by atoms with Crippen molar-refractivity contribution in [1.82, 2.24) is 0 Å². The molecule has 0 heterocycles. The standard InChI is InChI=1S/C13H20FNOS/c1-9-7-13(15(3)5-6-17-4)11(10(2)16)8-12(9)14/h7-8,10,16H,5-6H2,1-4H3. The van der Waals surface area contributed by atoms with Gasteiger partial charge in [0.15, 0.2) is 0 Å². The quantitative estimate of drug-likeness (QED) is 0.877. The van der Waals surface area contributed by atoms with E-state index in [2.05, 4.69) is 11.2 Å². The maximum atomic E-state index is 13.5. The highest BCUT2D eigenvalue weighted by Crippen LogP contribution is 2.28. The third-order valence-corrected chi connectivity index (χ3v) is 3.39. The molecule has 17 heavy (non-hydrogen) atoms. The van der Waals surface area contributed by atoms with E-state index in [1.165, 1.54) is 6.07 Å². The van der Waals surface area contributed by atoms with Crippen LogP contribution in [-0.2, 0) is 0 Å². The summed E-state index contributed by atoms with van der Waals surface area (Å²) in [4.78, 5) is 2.06. The summed E-state index contributed by atoms with van der Waals surface area (Å²) in [5.74, 6) is 0.745. The van der Waals surface area contributed by atoms with Gasteiger partial charge in [0, 0.05) is 30.6 Å². The van der Waals surface area contributed by atoms with Crippen molar-refractivity contribution in [2.45, 2.75) is 20.0 Å². The minimum atomic E-state index is -0.656. The summed E-state index contributed by atoms with van der Waals surface area (Å²) in [6.07, 6.45) is 1.40. The highest BCUT2D eigenvalue weighted by Gasteiger charge is 2.14. The molecule has 1 unspecified atom stereocenters. The van der Waals surface area contributed by atoms with Gasteiger partial charge in [-0.05, 0) is 37.8 Å². The highest BCUT2D eigenvalue weighted by molar-refractivity contribution is 7.98. The lowest BCUT2D eigenvalue weighted by Crippen LogP contribution is -2.22. The number of aliphatic hydroxyl groups is 1. The number of aliphatic hydroxyl groups excluding tert-OH is 1. The van der Waals surface area contributed by atoms with Crippen molar-refractivity contribution in [2.75, 3.05) is 30.5 Å². The van der Waals surface area contributed by atoms with Gasteiger partial charge in [-0.25, -0.2) is 4.39 Å². The van der Waals surface area contributed by atoms with E-state index in [0.29, 0.717) is 11.1 Å². The summed E-state index contributed by atoms with van der Waals surface area (Å²) in [6, 6.07) is 3.24. The van der Waals surface area contributed by atoms with Crippen LogP contribution in [0, 0.1) is 12.7 Å². The van der Waals surface area contributed by atoms with E-state index in [1.54, 1.807) is 31.7 Å². The van der Waals surface area contributed by atoms with E-state index in [1.807, 2.05) is 7.05 Å². The van der Waals surface area contributed by atoms with Crippen molar-refractivity contribution < 1.29 is 9.50 Å². The van der Waals surface area contributed by atoms with Crippen LogP contribution in [0.1, 0.15) is 24.2 Å². The minimum Gasteiger partial charge on any atom is -0.389 e. The summed E-state index contributed by atoms with van der Waals surface area (Å²) < 4.78 is 13.5. The first-order valence-electron chi connectivity index (χ1n) is 5.65. The predicted octanol–water partition coefficient (Wildman–Crippen LogP) is 2.99. The fraction of sp³-hybridized carbons (Fsp3) is 0.538. The third-order valence-electron chi connectivity index (χ3n) is 2.80. The molecule has 0 radical (unpaired) electrons. The van der Waals surface area contributed by atoms with Crippen LogP contribution in [0.25, 0.3) is 0 Å². The average Bonchev–Trinajstić information content (AvgIpc) is 2.28. The topological polar surface area (TPSA) is 23.5 Å². The number of hydrogen-bond donors (Lipinski definition) is 1. The van der Waals surface area contributed by atoms with E-state index in [0.717, 1.165) is 18.0 Å². The Hall–Kier alpha value is -0.740. The summed E-state index contributed by atoms with van der Waals surface area (Å²) in [5.41, 5.74) is 2.17. The molecule has 0 spiro atoms. The van der Waals surface area contributed by atoms with Crippen LogP contribution in [-0.4, -0.2) is 30.7 Å². The first kappa shape index (κ1) is 14.3. The van der Waals surface area contributed by atoms with Crippen molar-refractivity contribution in [3.8, 4) is 0 Å². The van der Waals surface area contributed by atoms with Crippen LogP contribution >= 0.6 is 11.8 Å². The molecule has 0 amide bonds. The number of halogens is 1. The van der Waals surface area contributed by atoms with E-state index in [4.69, 9.17) is 0 Å². The van der Waals surface area contributed by atoms with Gasteiger partial charge >= 0.3 is 0 Å². The predicted molar refractivity (Wildman–Crippen MR) is 73.4 cm³/mol.